The summed E-state index contributed by atoms with van der Waals surface area (Å²) in [6.07, 6.45) is 4.54. The number of rotatable bonds is 7. The Balaban J connectivity index is 2.38. The van der Waals surface area contributed by atoms with E-state index in [0.717, 1.165) is 32.5 Å². The fourth-order valence-corrected chi connectivity index (χ4v) is 2.27. The van der Waals surface area contributed by atoms with Gasteiger partial charge in [-0.25, -0.2) is 4.79 Å². The summed E-state index contributed by atoms with van der Waals surface area (Å²) in [5, 5.41) is 8.13. The molecule has 3 amide bonds. The number of urea groups is 1. The van der Waals surface area contributed by atoms with Crippen LogP contribution in [0.3, 0.4) is 0 Å². The van der Waals surface area contributed by atoms with Crippen LogP contribution in [0.5, 0.6) is 0 Å². The van der Waals surface area contributed by atoms with Crippen LogP contribution in [0.15, 0.2) is 0 Å². The number of unbranched alkanes of at least 4 members (excludes halogenated alkanes) is 1. The summed E-state index contributed by atoms with van der Waals surface area (Å²) in [6, 6.07) is 0.0316. The van der Waals surface area contributed by atoms with E-state index in [1.54, 1.807) is 0 Å². The molecule has 0 radical (unpaired) electrons. The molecule has 6 heteroatoms. The largest absolute Gasteiger partial charge is 0.341 e. The van der Waals surface area contributed by atoms with E-state index in [1.807, 2.05) is 0 Å². The Morgan fingerprint density at radius 1 is 1.42 bits per heavy atom. The molecule has 0 spiro atoms. The van der Waals surface area contributed by atoms with Gasteiger partial charge in [-0.15, -0.1) is 0 Å². The van der Waals surface area contributed by atoms with Gasteiger partial charge in [-0.2, -0.15) is 0 Å². The number of hydrogen-bond donors (Lipinski definition) is 3. The second-order valence-corrected chi connectivity index (χ2v) is 5.01. The van der Waals surface area contributed by atoms with Crippen LogP contribution in [0, 0.1) is 0 Å². The van der Waals surface area contributed by atoms with Crippen LogP contribution in [-0.4, -0.2) is 56.1 Å². The first kappa shape index (κ1) is 15.9. The van der Waals surface area contributed by atoms with E-state index < -0.39 is 6.03 Å². The number of imide groups is 1. The highest BCUT2D eigenvalue weighted by Crippen LogP contribution is 2.07. The van der Waals surface area contributed by atoms with Crippen LogP contribution >= 0.6 is 0 Å². The lowest BCUT2D eigenvalue weighted by molar-refractivity contribution is -0.121. The zero-order valence-electron chi connectivity index (χ0n) is 12.0. The smallest absolute Gasteiger partial charge is 0.321 e. The van der Waals surface area contributed by atoms with Crippen LogP contribution in [0.4, 0.5) is 4.79 Å². The topological polar surface area (TPSA) is 73.5 Å². The first-order valence-electron chi connectivity index (χ1n) is 7.13. The van der Waals surface area contributed by atoms with Gasteiger partial charge in [0.05, 0.1) is 6.54 Å². The molecule has 1 atom stereocenters. The number of nitrogens with zero attached hydrogens (tertiary/aromatic N) is 1. The average Bonchev–Trinajstić information content (AvgIpc) is 2.88. The highest BCUT2D eigenvalue weighted by molar-refractivity contribution is 5.95. The van der Waals surface area contributed by atoms with E-state index in [1.165, 1.54) is 19.9 Å². The van der Waals surface area contributed by atoms with Gasteiger partial charge in [-0.3, -0.25) is 15.0 Å². The summed E-state index contributed by atoms with van der Waals surface area (Å²) in [7, 11) is 1.50. The molecule has 1 aliphatic rings. The third kappa shape index (κ3) is 6.54. The van der Waals surface area contributed by atoms with Crippen molar-refractivity contribution in [2.24, 2.45) is 0 Å². The maximum Gasteiger partial charge on any atom is 0.321 e. The quantitative estimate of drug-likeness (QED) is 0.622. The van der Waals surface area contributed by atoms with Crippen molar-refractivity contribution >= 4 is 11.9 Å². The van der Waals surface area contributed by atoms with Crippen LogP contribution in [0.1, 0.15) is 32.6 Å². The minimum absolute atomic E-state index is 0.242. The Kier molecular flexibility index (Phi) is 7.43. The molecular weight excluding hydrogens is 244 g/mol. The van der Waals surface area contributed by atoms with Crippen molar-refractivity contribution in [2.45, 2.75) is 38.6 Å². The maximum absolute atomic E-state index is 11.7. The summed E-state index contributed by atoms with van der Waals surface area (Å²) in [6.45, 7) is 5.26. The zero-order valence-corrected chi connectivity index (χ0v) is 12.0. The van der Waals surface area contributed by atoms with E-state index in [9.17, 15) is 9.59 Å². The number of carbonyl (C=O) groups is 2. The molecule has 19 heavy (non-hydrogen) atoms. The lowest BCUT2D eigenvalue weighted by Gasteiger charge is -2.24. The Morgan fingerprint density at radius 3 is 2.79 bits per heavy atom. The van der Waals surface area contributed by atoms with E-state index >= 15 is 0 Å². The predicted octanol–water partition coefficient (Wildman–Crippen LogP) is 0.296. The Bertz CT molecular complexity index is 290. The van der Waals surface area contributed by atoms with E-state index in [0.29, 0.717) is 6.04 Å². The molecule has 1 rings (SSSR count). The van der Waals surface area contributed by atoms with Crippen molar-refractivity contribution in [2.75, 3.05) is 33.2 Å². The van der Waals surface area contributed by atoms with Crippen molar-refractivity contribution in [3.05, 3.63) is 0 Å². The van der Waals surface area contributed by atoms with Crippen molar-refractivity contribution in [3.63, 3.8) is 0 Å². The van der Waals surface area contributed by atoms with Gasteiger partial charge >= 0.3 is 6.03 Å². The van der Waals surface area contributed by atoms with Gasteiger partial charge in [-0.05, 0) is 32.4 Å². The Labute approximate surface area is 115 Å². The van der Waals surface area contributed by atoms with Crippen LogP contribution < -0.4 is 16.0 Å². The summed E-state index contributed by atoms with van der Waals surface area (Å²) >= 11 is 0. The Hall–Kier alpha value is -1.14. The van der Waals surface area contributed by atoms with Gasteiger partial charge < -0.3 is 10.6 Å². The molecule has 3 N–H and O–H groups in total. The molecule has 0 aromatic carbocycles. The minimum atomic E-state index is -0.445. The Morgan fingerprint density at radius 2 is 2.21 bits per heavy atom. The van der Waals surface area contributed by atoms with E-state index in [2.05, 4.69) is 27.8 Å². The van der Waals surface area contributed by atoms with Gasteiger partial charge in [0.2, 0.25) is 5.91 Å². The molecule has 1 fully saturated rings. The minimum Gasteiger partial charge on any atom is -0.341 e. The molecule has 0 saturated carbocycles. The fourth-order valence-electron chi connectivity index (χ4n) is 2.27. The third-order valence-corrected chi connectivity index (χ3v) is 3.32. The fraction of sp³-hybridized carbons (Fsp3) is 0.846. The van der Waals surface area contributed by atoms with Gasteiger partial charge in [0.25, 0.3) is 0 Å². The van der Waals surface area contributed by atoms with Gasteiger partial charge in [0.1, 0.15) is 0 Å². The third-order valence-electron chi connectivity index (χ3n) is 3.32. The lowest BCUT2D eigenvalue weighted by Crippen LogP contribution is -2.46. The second kappa shape index (κ2) is 8.87. The lowest BCUT2D eigenvalue weighted by atomic mass is 10.2. The zero-order chi connectivity index (χ0) is 14.1. The highest BCUT2D eigenvalue weighted by atomic mass is 16.2. The molecule has 0 bridgehead atoms. The van der Waals surface area contributed by atoms with Crippen LogP contribution in [-0.2, 0) is 4.79 Å². The summed E-state index contributed by atoms with van der Waals surface area (Å²) in [4.78, 5) is 24.9. The summed E-state index contributed by atoms with van der Waals surface area (Å²) in [5.74, 6) is -0.242. The molecule has 0 aromatic heterocycles. The van der Waals surface area contributed by atoms with Crippen LogP contribution in [0.25, 0.3) is 0 Å². The van der Waals surface area contributed by atoms with Crippen molar-refractivity contribution in [3.8, 4) is 0 Å². The summed E-state index contributed by atoms with van der Waals surface area (Å²) < 4.78 is 0. The number of hydrogen-bond acceptors (Lipinski definition) is 4. The second-order valence-electron chi connectivity index (χ2n) is 5.01. The van der Waals surface area contributed by atoms with E-state index in [4.69, 9.17) is 0 Å². The average molecular weight is 270 g/mol. The number of nitrogens with one attached hydrogen (secondary N) is 3. The predicted molar refractivity (Wildman–Crippen MR) is 75.0 cm³/mol. The van der Waals surface area contributed by atoms with Gasteiger partial charge in [0, 0.05) is 19.6 Å². The molecule has 1 unspecified atom stereocenters. The normalized spacial score (nSPS) is 18.6. The number of amides is 3. The monoisotopic (exact) mass is 270 g/mol. The van der Waals surface area contributed by atoms with Gasteiger partial charge in [0.15, 0.2) is 0 Å². The number of carbonyl (C=O) groups excluding carboxylic acids is 2. The van der Waals surface area contributed by atoms with Crippen molar-refractivity contribution in [1.29, 1.82) is 0 Å². The molecule has 1 saturated heterocycles. The van der Waals surface area contributed by atoms with Gasteiger partial charge in [-0.1, -0.05) is 13.3 Å². The van der Waals surface area contributed by atoms with Crippen molar-refractivity contribution in [1.82, 2.24) is 20.9 Å². The standard InChI is InChI=1S/C13H26N4O2/c1-3-4-8-17(9-11-6-5-7-15-11)10-12(18)16-13(19)14-2/h11,15H,3-10H2,1-2H3,(H2,14,16,18,19). The SMILES string of the molecule is CCCCN(CC(=O)NC(=O)NC)CC1CCCN1. The molecule has 0 aromatic rings. The first-order chi connectivity index (χ1) is 9.15. The molecule has 110 valence electrons. The molecule has 6 nitrogen and oxygen atoms in total. The van der Waals surface area contributed by atoms with Crippen molar-refractivity contribution < 1.29 is 9.59 Å². The van der Waals surface area contributed by atoms with Crippen LogP contribution in [0.2, 0.25) is 0 Å². The van der Waals surface area contributed by atoms with E-state index in [-0.39, 0.29) is 12.5 Å². The summed E-state index contributed by atoms with van der Waals surface area (Å²) in [5.41, 5.74) is 0. The maximum atomic E-state index is 11.7. The molecule has 1 heterocycles. The molecule has 1 aliphatic heterocycles. The molecule has 0 aliphatic carbocycles. The molecular formula is C13H26N4O2. The highest BCUT2D eigenvalue weighted by Gasteiger charge is 2.19. The first-order valence-corrected chi connectivity index (χ1v) is 7.13.